The first-order valence-electron chi connectivity index (χ1n) is 6.75. The Bertz CT molecular complexity index is 586. The molecule has 0 aromatic carbocycles. The van der Waals surface area contributed by atoms with Crippen LogP contribution in [0.25, 0.3) is 0 Å². The van der Waals surface area contributed by atoms with E-state index >= 15 is 0 Å². The van der Waals surface area contributed by atoms with E-state index in [4.69, 9.17) is 9.52 Å². The molecule has 1 aliphatic carbocycles. The molecule has 2 aromatic rings. The van der Waals surface area contributed by atoms with Gasteiger partial charge in [-0.25, -0.2) is 4.79 Å². The zero-order valence-corrected chi connectivity index (χ0v) is 12.1. The van der Waals surface area contributed by atoms with Crippen molar-refractivity contribution in [3.05, 3.63) is 46.0 Å². The first-order chi connectivity index (χ1) is 9.65. The van der Waals surface area contributed by atoms with Gasteiger partial charge in [-0.1, -0.05) is 0 Å². The number of aromatic carboxylic acids is 1. The second kappa shape index (κ2) is 5.42. The van der Waals surface area contributed by atoms with Gasteiger partial charge in [-0.2, -0.15) is 11.3 Å². The average molecular weight is 291 g/mol. The molecule has 0 radical (unpaired) electrons. The van der Waals surface area contributed by atoms with E-state index in [1.165, 1.54) is 24.5 Å². The quantitative estimate of drug-likeness (QED) is 0.880. The Morgan fingerprint density at radius 1 is 1.50 bits per heavy atom. The molecule has 20 heavy (non-hydrogen) atoms. The fourth-order valence-electron chi connectivity index (χ4n) is 2.44. The molecular formula is C15H17NO3S. The molecule has 106 valence electrons. The van der Waals surface area contributed by atoms with Gasteiger partial charge in [0.2, 0.25) is 5.76 Å². The van der Waals surface area contributed by atoms with Gasteiger partial charge in [0.25, 0.3) is 0 Å². The maximum Gasteiger partial charge on any atom is 0.371 e. The van der Waals surface area contributed by atoms with Crippen LogP contribution < -0.4 is 0 Å². The molecular weight excluding hydrogens is 274 g/mol. The minimum Gasteiger partial charge on any atom is -0.475 e. The van der Waals surface area contributed by atoms with Gasteiger partial charge >= 0.3 is 5.97 Å². The fourth-order valence-corrected chi connectivity index (χ4v) is 3.10. The molecule has 5 heteroatoms. The summed E-state index contributed by atoms with van der Waals surface area (Å²) in [5.41, 5.74) is 1.30. The number of carbonyl (C=O) groups is 1. The summed E-state index contributed by atoms with van der Waals surface area (Å²) < 4.78 is 5.45. The Hall–Kier alpha value is -1.59. The van der Waals surface area contributed by atoms with E-state index in [1.807, 2.05) is 0 Å². The molecule has 0 amide bonds. The van der Waals surface area contributed by atoms with Crippen molar-refractivity contribution in [2.24, 2.45) is 0 Å². The van der Waals surface area contributed by atoms with Gasteiger partial charge in [0, 0.05) is 12.6 Å². The number of hydrogen-bond donors (Lipinski definition) is 1. The van der Waals surface area contributed by atoms with Crippen LogP contribution in [0, 0.1) is 0 Å². The van der Waals surface area contributed by atoms with Crippen molar-refractivity contribution in [3.8, 4) is 0 Å². The lowest BCUT2D eigenvalue weighted by Crippen LogP contribution is -2.28. The summed E-state index contributed by atoms with van der Waals surface area (Å²) in [6.07, 6.45) is 2.42. The molecule has 1 fully saturated rings. The van der Waals surface area contributed by atoms with Gasteiger partial charge < -0.3 is 9.52 Å². The van der Waals surface area contributed by atoms with Gasteiger partial charge in [-0.15, -0.1) is 0 Å². The minimum atomic E-state index is -1.01. The predicted molar refractivity (Wildman–Crippen MR) is 77.0 cm³/mol. The van der Waals surface area contributed by atoms with E-state index in [-0.39, 0.29) is 11.8 Å². The number of thiophene rings is 1. The van der Waals surface area contributed by atoms with Crippen LogP contribution in [0.5, 0.6) is 0 Å². The third-order valence-electron chi connectivity index (χ3n) is 3.71. The monoisotopic (exact) mass is 291 g/mol. The zero-order chi connectivity index (χ0) is 14.1. The molecule has 1 N–H and O–H groups in total. The molecule has 1 saturated carbocycles. The van der Waals surface area contributed by atoms with Gasteiger partial charge in [0.15, 0.2) is 0 Å². The van der Waals surface area contributed by atoms with Gasteiger partial charge in [-0.05, 0) is 54.3 Å². The standard InChI is InChI=1S/C15H17NO3S/c1-10(13-4-5-14(19-13)15(17)18)16(12-2-3-12)8-11-6-7-20-9-11/h4-7,9-10,12H,2-3,8H2,1H3,(H,17,18). The summed E-state index contributed by atoms with van der Waals surface area (Å²) in [6, 6.07) is 6.12. The highest BCUT2D eigenvalue weighted by Crippen LogP contribution is 2.36. The van der Waals surface area contributed by atoms with Crippen LogP contribution in [0.2, 0.25) is 0 Å². The number of rotatable bonds is 6. The Kier molecular flexibility index (Phi) is 3.63. The number of carboxylic acids is 1. The Morgan fingerprint density at radius 2 is 2.30 bits per heavy atom. The Balaban J connectivity index is 1.77. The van der Waals surface area contributed by atoms with Crippen LogP contribution in [0.1, 0.15) is 47.7 Å². The second-order valence-electron chi connectivity index (χ2n) is 5.22. The van der Waals surface area contributed by atoms with Crippen LogP contribution in [0.4, 0.5) is 0 Å². The van der Waals surface area contributed by atoms with Crippen molar-refractivity contribution in [3.63, 3.8) is 0 Å². The molecule has 0 spiro atoms. The summed E-state index contributed by atoms with van der Waals surface area (Å²) in [4.78, 5) is 13.3. The molecule has 1 atom stereocenters. The molecule has 0 saturated heterocycles. The van der Waals surface area contributed by atoms with Crippen molar-refractivity contribution >= 4 is 17.3 Å². The molecule has 0 bridgehead atoms. The largest absolute Gasteiger partial charge is 0.475 e. The SMILES string of the molecule is CC(c1ccc(C(=O)O)o1)N(Cc1ccsc1)C1CC1. The van der Waals surface area contributed by atoms with Crippen LogP contribution in [0.15, 0.2) is 33.4 Å². The number of hydrogen-bond acceptors (Lipinski definition) is 4. The van der Waals surface area contributed by atoms with Crippen LogP contribution in [0.3, 0.4) is 0 Å². The highest BCUT2D eigenvalue weighted by Gasteiger charge is 2.34. The van der Waals surface area contributed by atoms with E-state index in [2.05, 4.69) is 28.7 Å². The normalized spacial score (nSPS) is 16.5. The average Bonchev–Trinajstić information content (AvgIpc) is 2.95. The predicted octanol–water partition coefficient (Wildman–Crippen LogP) is 3.76. The van der Waals surface area contributed by atoms with Crippen LogP contribution >= 0.6 is 11.3 Å². The Morgan fingerprint density at radius 3 is 2.85 bits per heavy atom. The molecule has 2 aromatic heterocycles. The maximum absolute atomic E-state index is 10.9. The highest BCUT2D eigenvalue weighted by atomic mass is 32.1. The third kappa shape index (κ3) is 2.78. The number of nitrogens with zero attached hydrogens (tertiary/aromatic N) is 1. The van der Waals surface area contributed by atoms with Crippen molar-refractivity contribution in [1.29, 1.82) is 0 Å². The smallest absolute Gasteiger partial charge is 0.371 e. The molecule has 2 heterocycles. The van der Waals surface area contributed by atoms with Crippen LogP contribution in [-0.4, -0.2) is 22.0 Å². The van der Waals surface area contributed by atoms with Crippen LogP contribution in [-0.2, 0) is 6.54 Å². The summed E-state index contributed by atoms with van der Waals surface area (Å²) >= 11 is 1.70. The third-order valence-corrected chi connectivity index (χ3v) is 4.44. The molecule has 4 nitrogen and oxygen atoms in total. The van der Waals surface area contributed by atoms with Crippen molar-refractivity contribution in [2.45, 2.75) is 38.4 Å². The van der Waals surface area contributed by atoms with Crippen molar-refractivity contribution in [2.75, 3.05) is 0 Å². The topological polar surface area (TPSA) is 53.7 Å². The van der Waals surface area contributed by atoms with Crippen molar-refractivity contribution < 1.29 is 14.3 Å². The van der Waals surface area contributed by atoms with E-state index in [0.29, 0.717) is 6.04 Å². The lowest BCUT2D eigenvalue weighted by atomic mass is 10.2. The summed E-state index contributed by atoms with van der Waals surface area (Å²) in [5.74, 6) is -0.276. The lowest BCUT2D eigenvalue weighted by molar-refractivity contribution is 0.0654. The molecule has 1 aliphatic rings. The zero-order valence-electron chi connectivity index (χ0n) is 11.3. The van der Waals surface area contributed by atoms with Gasteiger partial charge in [0.05, 0.1) is 6.04 Å². The maximum atomic E-state index is 10.9. The summed E-state index contributed by atoms with van der Waals surface area (Å²) in [7, 11) is 0. The number of carboxylic acid groups (broad SMARTS) is 1. The highest BCUT2D eigenvalue weighted by molar-refractivity contribution is 7.07. The van der Waals surface area contributed by atoms with Gasteiger partial charge in [-0.3, -0.25) is 4.90 Å². The second-order valence-corrected chi connectivity index (χ2v) is 6.00. The first-order valence-corrected chi connectivity index (χ1v) is 7.69. The molecule has 0 aliphatic heterocycles. The molecule has 3 rings (SSSR count). The van der Waals surface area contributed by atoms with E-state index in [1.54, 1.807) is 17.4 Å². The molecule has 1 unspecified atom stereocenters. The fraction of sp³-hybridized carbons (Fsp3) is 0.400. The van der Waals surface area contributed by atoms with E-state index in [9.17, 15) is 4.79 Å². The lowest BCUT2D eigenvalue weighted by Gasteiger charge is -2.27. The van der Waals surface area contributed by atoms with E-state index in [0.717, 1.165) is 12.3 Å². The van der Waals surface area contributed by atoms with Crippen molar-refractivity contribution in [1.82, 2.24) is 4.90 Å². The van der Waals surface area contributed by atoms with E-state index < -0.39 is 5.97 Å². The van der Waals surface area contributed by atoms with Gasteiger partial charge in [0.1, 0.15) is 5.76 Å². The first kappa shape index (κ1) is 13.4. The summed E-state index contributed by atoms with van der Waals surface area (Å²) in [5, 5.41) is 13.2. The number of furan rings is 1. The Labute approximate surface area is 121 Å². The minimum absolute atomic E-state index is 0.0122. The summed E-state index contributed by atoms with van der Waals surface area (Å²) in [6.45, 7) is 2.97.